The number of hydrogen-bond acceptors (Lipinski definition) is 5. The van der Waals surface area contributed by atoms with Crippen molar-refractivity contribution in [3.05, 3.63) is 53.7 Å². The molecule has 0 bridgehead atoms. The highest BCUT2D eigenvalue weighted by Gasteiger charge is 2.30. The van der Waals surface area contributed by atoms with Gasteiger partial charge in [-0.15, -0.1) is 0 Å². The number of ether oxygens (including phenoxy) is 1. The number of amides is 1. The zero-order valence-corrected chi connectivity index (χ0v) is 24.0. The summed E-state index contributed by atoms with van der Waals surface area (Å²) in [7, 11) is 5.70. The molecule has 7 nitrogen and oxygen atoms in total. The minimum atomic E-state index is -4.40. The average molecular weight is 570 g/mol. The number of nitrogens with one attached hydrogen (secondary N) is 3. The number of benzene rings is 2. The van der Waals surface area contributed by atoms with Gasteiger partial charge in [-0.2, -0.15) is 13.2 Å². The first kappa shape index (κ1) is 30.1. The van der Waals surface area contributed by atoms with Crippen LogP contribution < -0.4 is 20.7 Å². The van der Waals surface area contributed by atoms with Crippen LogP contribution in [0.1, 0.15) is 48.7 Å². The summed E-state index contributed by atoms with van der Waals surface area (Å²) in [6.45, 7) is 1.40. The summed E-state index contributed by atoms with van der Waals surface area (Å²) in [6, 6.07) is 13.0. The van der Waals surface area contributed by atoms with Gasteiger partial charge in [0.2, 0.25) is 0 Å². The maximum absolute atomic E-state index is 13.6. The normalized spacial score (nSPS) is 17.2. The number of hydrogen-bond donors (Lipinski definition) is 3. The molecule has 1 amide bonds. The lowest BCUT2D eigenvalue weighted by Gasteiger charge is -2.33. The Bertz CT molecular complexity index is 1410. The van der Waals surface area contributed by atoms with E-state index >= 15 is 0 Å². The molecule has 41 heavy (non-hydrogen) atoms. The van der Waals surface area contributed by atoms with Crippen molar-refractivity contribution in [1.82, 2.24) is 14.8 Å². The number of rotatable bonds is 9. The lowest BCUT2D eigenvalue weighted by Crippen LogP contribution is -2.36. The molecule has 0 aliphatic heterocycles. The van der Waals surface area contributed by atoms with Gasteiger partial charge in [-0.25, -0.2) is 0 Å². The van der Waals surface area contributed by atoms with Crippen molar-refractivity contribution in [3.8, 4) is 17.6 Å². The van der Waals surface area contributed by atoms with Crippen LogP contribution in [-0.4, -0.2) is 67.9 Å². The van der Waals surface area contributed by atoms with E-state index in [1.807, 2.05) is 13.0 Å². The maximum atomic E-state index is 13.6. The predicted molar refractivity (Wildman–Crippen MR) is 158 cm³/mol. The highest BCUT2D eigenvalue weighted by Crippen LogP contribution is 2.32. The van der Waals surface area contributed by atoms with E-state index in [4.69, 9.17) is 4.74 Å². The standard InChI is InChI=1S/C31H38F3N5O2/c1-5-35-30(40)21-11-16-27(29(18-21)41-4)36-17-7-8-24-19-25-26(37-22-12-14-23(15-13-22)38(2)3)9-6-10-28(25)39(24)20-31(32,33)34/h6,9-11,16,18-19,22-23,36-37H,5,12-15,17,20H2,1-4H3,(H,35,40). The van der Waals surface area contributed by atoms with E-state index in [-0.39, 0.29) is 18.5 Å². The van der Waals surface area contributed by atoms with Crippen LogP contribution in [0.4, 0.5) is 24.5 Å². The fraction of sp³-hybridized carbons (Fsp3) is 0.452. The Kier molecular flexibility index (Phi) is 9.71. The Morgan fingerprint density at radius 3 is 2.51 bits per heavy atom. The summed E-state index contributed by atoms with van der Waals surface area (Å²) in [5.74, 6) is 6.16. The molecule has 1 aliphatic carbocycles. The van der Waals surface area contributed by atoms with E-state index in [9.17, 15) is 18.0 Å². The van der Waals surface area contributed by atoms with Crippen LogP contribution in [0, 0.1) is 11.8 Å². The van der Waals surface area contributed by atoms with Crippen LogP contribution >= 0.6 is 0 Å². The van der Waals surface area contributed by atoms with Crippen molar-refractivity contribution in [1.29, 1.82) is 0 Å². The Morgan fingerprint density at radius 1 is 1.10 bits per heavy atom. The molecule has 220 valence electrons. The van der Waals surface area contributed by atoms with Crippen LogP contribution in [-0.2, 0) is 6.54 Å². The number of alkyl halides is 3. The van der Waals surface area contributed by atoms with Crippen molar-refractivity contribution in [2.75, 3.05) is 44.9 Å². The number of aromatic nitrogens is 1. The third kappa shape index (κ3) is 7.67. The maximum Gasteiger partial charge on any atom is 0.406 e. The van der Waals surface area contributed by atoms with Crippen molar-refractivity contribution < 1.29 is 22.7 Å². The first-order valence-electron chi connectivity index (χ1n) is 13.9. The van der Waals surface area contributed by atoms with Crippen molar-refractivity contribution in [2.24, 2.45) is 0 Å². The monoisotopic (exact) mass is 569 g/mol. The molecule has 1 aliphatic rings. The van der Waals surface area contributed by atoms with Crippen molar-refractivity contribution in [2.45, 2.75) is 57.4 Å². The second kappa shape index (κ2) is 13.2. The van der Waals surface area contributed by atoms with Gasteiger partial charge in [0.15, 0.2) is 0 Å². The van der Waals surface area contributed by atoms with Gasteiger partial charge < -0.3 is 30.2 Å². The predicted octanol–water partition coefficient (Wildman–Crippen LogP) is 5.71. The fourth-order valence-electron chi connectivity index (χ4n) is 5.34. The molecule has 10 heteroatoms. The first-order chi connectivity index (χ1) is 19.6. The second-order valence-electron chi connectivity index (χ2n) is 10.5. The fourth-order valence-corrected chi connectivity index (χ4v) is 5.34. The Balaban J connectivity index is 1.54. The van der Waals surface area contributed by atoms with Gasteiger partial charge in [-0.1, -0.05) is 12.0 Å². The summed E-state index contributed by atoms with van der Waals surface area (Å²) in [5, 5.41) is 10.2. The molecule has 0 spiro atoms. The summed E-state index contributed by atoms with van der Waals surface area (Å²) in [6.07, 6.45) is -0.214. The largest absolute Gasteiger partial charge is 0.495 e. The van der Waals surface area contributed by atoms with Crippen LogP contribution in [0.25, 0.3) is 10.9 Å². The molecule has 1 fully saturated rings. The van der Waals surface area contributed by atoms with Crippen molar-refractivity contribution in [3.63, 3.8) is 0 Å². The van der Waals surface area contributed by atoms with E-state index in [0.29, 0.717) is 40.8 Å². The number of halogens is 3. The number of carbonyl (C=O) groups is 1. The second-order valence-corrected chi connectivity index (χ2v) is 10.5. The molecule has 1 heterocycles. The van der Waals surface area contributed by atoms with Gasteiger partial charge in [0.05, 0.1) is 30.6 Å². The van der Waals surface area contributed by atoms with Gasteiger partial charge >= 0.3 is 6.18 Å². The average Bonchev–Trinajstić information content (AvgIpc) is 3.28. The van der Waals surface area contributed by atoms with Crippen LogP contribution in [0.5, 0.6) is 5.75 Å². The quantitative estimate of drug-likeness (QED) is 0.288. The Hall–Kier alpha value is -3.84. The molecule has 0 unspecified atom stereocenters. The van der Waals surface area contributed by atoms with Gasteiger partial charge in [-0.3, -0.25) is 4.79 Å². The molecule has 0 atom stereocenters. The molecule has 1 saturated carbocycles. The third-order valence-corrected chi connectivity index (χ3v) is 7.45. The van der Waals surface area contributed by atoms with E-state index in [2.05, 4.69) is 46.8 Å². The number of methoxy groups -OCH3 is 1. The van der Waals surface area contributed by atoms with Gasteiger partial charge in [0, 0.05) is 35.3 Å². The molecular formula is C31H38F3N5O2. The molecule has 3 aromatic rings. The summed E-state index contributed by atoms with van der Waals surface area (Å²) in [5.41, 5.74) is 2.71. The minimum Gasteiger partial charge on any atom is -0.495 e. The summed E-state index contributed by atoms with van der Waals surface area (Å²) in [4.78, 5) is 14.4. The van der Waals surface area contributed by atoms with Gasteiger partial charge in [0.1, 0.15) is 12.3 Å². The molecule has 4 rings (SSSR count). The van der Waals surface area contributed by atoms with Gasteiger partial charge in [0.25, 0.3) is 5.91 Å². The zero-order chi connectivity index (χ0) is 29.6. The molecule has 1 aromatic heterocycles. The molecule has 3 N–H and O–H groups in total. The lowest BCUT2D eigenvalue weighted by molar-refractivity contribution is -0.140. The highest BCUT2D eigenvalue weighted by molar-refractivity contribution is 5.95. The van der Waals surface area contributed by atoms with Crippen molar-refractivity contribution >= 4 is 28.2 Å². The van der Waals surface area contributed by atoms with E-state index in [1.54, 1.807) is 36.4 Å². The Labute approximate surface area is 239 Å². The molecular weight excluding hydrogens is 531 g/mol. The lowest BCUT2D eigenvalue weighted by atomic mass is 9.90. The van der Waals surface area contributed by atoms with E-state index < -0.39 is 12.7 Å². The van der Waals surface area contributed by atoms with E-state index in [1.165, 1.54) is 11.7 Å². The molecule has 0 radical (unpaired) electrons. The first-order valence-corrected chi connectivity index (χ1v) is 13.9. The van der Waals surface area contributed by atoms with Crippen LogP contribution in [0.2, 0.25) is 0 Å². The zero-order valence-electron chi connectivity index (χ0n) is 24.0. The number of carbonyl (C=O) groups excluding carboxylic acids is 1. The van der Waals surface area contributed by atoms with Crippen LogP contribution in [0.3, 0.4) is 0 Å². The topological polar surface area (TPSA) is 70.6 Å². The number of anilines is 2. The third-order valence-electron chi connectivity index (χ3n) is 7.45. The highest BCUT2D eigenvalue weighted by atomic mass is 19.4. The van der Waals surface area contributed by atoms with Gasteiger partial charge in [-0.05, 0) is 89.0 Å². The minimum absolute atomic E-state index is 0.171. The smallest absolute Gasteiger partial charge is 0.406 e. The molecule has 2 aromatic carbocycles. The number of nitrogens with zero attached hydrogens (tertiary/aromatic N) is 2. The SMILES string of the molecule is CCNC(=O)c1ccc(NCC#Cc2cc3c(NC4CCC(N(C)C)CC4)cccc3n2CC(F)(F)F)c(OC)c1. The van der Waals surface area contributed by atoms with Crippen LogP contribution in [0.15, 0.2) is 42.5 Å². The Morgan fingerprint density at radius 2 is 1.85 bits per heavy atom. The molecule has 0 saturated heterocycles. The summed E-state index contributed by atoms with van der Waals surface area (Å²) < 4.78 is 47.4. The van der Waals surface area contributed by atoms with E-state index in [0.717, 1.165) is 36.8 Å². The summed E-state index contributed by atoms with van der Waals surface area (Å²) >= 11 is 0. The number of fused-ring (bicyclic) bond motifs is 1.